The summed E-state index contributed by atoms with van der Waals surface area (Å²) in [7, 11) is 3.87. The number of nitrogens with zero attached hydrogens (tertiary/aromatic N) is 1. The lowest BCUT2D eigenvalue weighted by Crippen LogP contribution is -2.18. The van der Waals surface area contributed by atoms with E-state index in [0.717, 1.165) is 11.3 Å². The summed E-state index contributed by atoms with van der Waals surface area (Å²) in [5, 5.41) is 0.568. The maximum Gasteiger partial charge on any atom is 0.307 e. The highest BCUT2D eigenvalue weighted by Gasteiger charge is 2.15. The summed E-state index contributed by atoms with van der Waals surface area (Å²) in [5.41, 5.74) is 7.71. The maximum absolute atomic E-state index is 11.4. The van der Waals surface area contributed by atoms with Crippen LogP contribution in [-0.4, -0.2) is 26.7 Å². The number of nitrogens with two attached hydrogens (primary N) is 1. The molecule has 0 amide bonds. The largest absolute Gasteiger partial charge is 0.466 e. The summed E-state index contributed by atoms with van der Waals surface area (Å²) in [6, 6.07) is 5.17. The highest BCUT2D eigenvalue weighted by Crippen LogP contribution is 2.27. The molecule has 0 aliphatic rings. The van der Waals surface area contributed by atoms with Gasteiger partial charge >= 0.3 is 5.97 Å². The number of ether oxygens (including phenoxy) is 1. The number of benzene rings is 1. The van der Waals surface area contributed by atoms with Crippen LogP contribution in [0.25, 0.3) is 0 Å². The number of rotatable bonds is 5. The molecule has 0 unspecified atom stereocenters. The first-order valence-electron chi connectivity index (χ1n) is 5.83. The van der Waals surface area contributed by atoms with Crippen LogP contribution in [0, 0.1) is 0 Å². The zero-order chi connectivity index (χ0) is 13.7. The Hall–Kier alpha value is -0.970. The molecular weight excluding hydrogens is 287 g/mol. The van der Waals surface area contributed by atoms with Crippen LogP contribution in [0.15, 0.2) is 18.2 Å². The van der Waals surface area contributed by atoms with E-state index in [1.807, 2.05) is 37.2 Å². The van der Waals surface area contributed by atoms with Crippen molar-refractivity contribution in [3.8, 4) is 0 Å². The molecule has 0 saturated carbocycles. The van der Waals surface area contributed by atoms with E-state index in [9.17, 15) is 4.79 Å². The van der Waals surface area contributed by atoms with Crippen LogP contribution in [0.1, 0.15) is 24.9 Å². The molecular formula is C13H20Cl2N2O2. The van der Waals surface area contributed by atoms with Crippen molar-refractivity contribution in [2.75, 3.05) is 25.6 Å². The predicted octanol–water partition coefficient (Wildman–Crippen LogP) is 2.78. The smallest absolute Gasteiger partial charge is 0.307 e. The summed E-state index contributed by atoms with van der Waals surface area (Å²) in [4.78, 5) is 13.3. The molecule has 0 saturated heterocycles. The molecule has 1 aromatic carbocycles. The molecule has 0 aliphatic carbocycles. The number of hydrogen-bond acceptors (Lipinski definition) is 4. The Kier molecular flexibility index (Phi) is 7.83. The van der Waals surface area contributed by atoms with Gasteiger partial charge in [-0.25, -0.2) is 0 Å². The molecule has 4 nitrogen and oxygen atoms in total. The van der Waals surface area contributed by atoms with Gasteiger partial charge in [0.05, 0.1) is 13.0 Å². The van der Waals surface area contributed by atoms with Crippen molar-refractivity contribution < 1.29 is 9.53 Å². The first kappa shape index (κ1) is 18.0. The zero-order valence-electron chi connectivity index (χ0n) is 11.4. The van der Waals surface area contributed by atoms with Crippen LogP contribution < -0.4 is 10.6 Å². The molecule has 0 aromatic heterocycles. The monoisotopic (exact) mass is 306 g/mol. The zero-order valence-corrected chi connectivity index (χ0v) is 12.9. The second-order valence-corrected chi connectivity index (χ2v) is 4.62. The highest BCUT2D eigenvalue weighted by molar-refractivity contribution is 6.31. The number of esters is 1. The van der Waals surface area contributed by atoms with Gasteiger partial charge < -0.3 is 15.4 Å². The summed E-state index contributed by atoms with van der Waals surface area (Å²) in [6.07, 6.45) is 0.134. The van der Waals surface area contributed by atoms with E-state index in [2.05, 4.69) is 0 Å². The van der Waals surface area contributed by atoms with E-state index in [0.29, 0.717) is 11.6 Å². The van der Waals surface area contributed by atoms with Gasteiger partial charge in [-0.1, -0.05) is 17.7 Å². The van der Waals surface area contributed by atoms with Crippen LogP contribution in [0.2, 0.25) is 5.02 Å². The van der Waals surface area contributed by atoms with Gasteiger partial charge in [0.25, 0.3) is 0 Å². The molecule has 1 aromatic rings. The SMILES string of the molecule is CCOC(=O)C[C@H](N)c1ccc(N(C)C)cc1Cl.Cl. The summed E-state index contributed by atoms with van der Waals surface area (Å²) in [5.74, 6) is -0.308. The van der Waals surface area contributed by atoms with Gasteiger partial charge in [-0.2, -0.15) is 0 Å². The van der Waals surface area contributed by atoms with E-state index in [1.54, 1.807) is 6.92 Å². The first-order chi connectivity index (χ1) is 8.45. The lowest BCUT2D eigenvalue weighted by atomic mass is 10.0. The topological polar surface area (TPSA) is 55.6 Å². The van der Waals surface area contributed by atoms with Crippen molar-refractivity contribution in [3.05, 3.63) is 28.8 Å². The Morgan fingerprint density at radius 3 is 2.58 bits per heavy atom. The molecule has 0 spiro atoms. The normalized spacial score (nSPS) is 11.4. The van der Waals surface area contributed by atoms with Gasteiger partial charge in [0.1, 0.15) is 0 Å². The summed E-state index contributed by atoms with van der Waals surface area (Å²) in [6.45, 7) is 2.13. The number of carbonyl (C=O) groups excluding carboxylic acids is 1. The van der Waals surface area contributed by atoms with Crippen LogP contribution in [0.5, 0.6) is 0 Å². The highest BCUT2D eigenvalue weighted by atomic mass is 35.5. The Morgan fingerprint density at radius 2 is 2.11 bits per heavy atom. The minimum Gasteiger partial charge on any atom is -0.466 e. The van der Waals surface area contributed by atoms with E-state index in [4.69, 9.17) is 22.1 Å². The van der Waals surface area contributed by atoms with Crippen molar-refractivity contribution in [1.82, 2.24) is 0 Å². The molecule has 0 heterocycles. The average Bonchev–Trinajstić information content (AvgIpc) is 2.28. The van der Waals surface area contributed by atoms with Gasteiger partial charge in [0.15, 0.2) is 0 Å². The maximum atomic E-state index is 11.4. The second kappa shape index (κ2) is 8.25. The van der Waals surface area contributed by atoms with E-state index >= 15 is 0 Å². The third-order valence-electron chi connectivity index (χ3n) is 2.59. The van der Waals surface area contributed by atoms with E-state index < -0.39 is 6.04 Å². The molecule has 0 bridgehead atoms. The quantitative estimate of drug-likeness (QED) is 0.850. The first-order valence-corrected chi connectivity index (χ1v) is 6.21. The van der Waals surface area contributed by atoms with Crippen LogP contribution in [-0.2, 0) is 9.53 Å². The molecule has 1 atom stereocenters. The van der Waals surface area contributed by atoms with E-state index in [-0.39, 0.29) is 24.8 Å². The van der Waals surface area contributed by atoms with Gasteiger partial charge in [-0.3, -0.25) is 4.79 Å². The molecule has 108 valence electrons. The van der Waals surface area contributed by atoms with Gasteiger partial charge in [0.2, 0.25) is 0 Å². The van der Waals surface area contributed by atoms with Crippen LogP contribution in [0.4, 0.5) is 5.69 Å². The van der Waals surface area contributed by atoms with Crippen LogP contribution >= 0.6 is 24.0 Å². The molecule has 1 rings (SSSR count). The Bertz CT molecular complexity index is 425. The lowest BCUT2D eigenvalue weighted by molar-refractivity contribution is -0.143. The van der Waals surface area contributed by atoms with Gasteiger partial charge in [-0.15, -0.1) is 12.4 Å². The number of halogens is 2. The minimum absolute atomic E-state index is 0. The predicted molar refractivity (Wildman–Crippen MR) is 81.2 cm³/mol. The van der Waals surface area contributed by atoms with E-state index in [1.165, 1.54) is 0 Å². The third-order valence-corrected chi connectivity index (χ3v) is 2.92. The van der Waals surface area contributed by atoms with Crippen molar-refractivity contribution in [2.45, 2.75) is 19.4 Å². The standard InChI is InChI=1S/C13H19ClN2O2.ClH/c1-4-18-13(17)8-12(15)10-6-5-9(16(2)3)7-11(10)14;/h5-7,12H,4,8,15H2,1-3H3;1H/t12-;/m0./s1. The Labute approximate surface area is 125 Å². The minimum atomic E-state index is -0.437. The van der Waals surface area contributed by atoms with Crippen molar-refractivity contribution in [1.29, 1.82) is 0 Å². The summed E-state index contributed by atoms with van der Waals surface area (Å²) >= 11 is 6.17. The Morgan fingerprint density at radius 1 is 1.47 bits per heavy atom. The molecule has 0 fully saturated rings. The number of hydrogen-bond donors (Lipinski definition) is 1. The van der Waals surface area contributed by atoms with Gasteiger partial charge in [-0.05, 0) is 24.6 Å². The van der Waals surface area contributed by atoms with Crippen molar-refractivity contribution in [2.24, 2.45) is 5.73 Å². The summed E-state index contributed by atoms with van der Waals surface area (Å²) < 4.78 is 4.87. The third kappa shape index (κ3) is 5.27. The lowest BCUT2D eigenvalue weighted by Gasteiger charge is -2.17. The molecule has 0 radical (unpaired) electrons. The fourth-order valence-corrected chi connectivity index (χ4v) is 1.92. The molecule has 0 aliphatic heterocycles. The fraction of sp³-hybridized carbons (Fsp3) is 0.462. The molecule has 6 heteroatoms. The molecule has 19 heavy (non-hydrogen) atoms. The average molecular weight is 307 g/mol. The number of carbonyl (C=O) groups is 1. The van der Waals surface area contributed by atoms with Crippen molar-refractivity contribution >= 4 is 35.7 Å². The number of anilines is 1. The van der Waals surface area contributed by atoms with Gasteiger partial charge in [0, 0.05) is 30.8 Å². The Balaban J connectivity index is 0.00000324. The fourth-order valence-electron chi connectivity index (χ4n) is 1.60. The second-order valence-electron chi connectivity index (χ2n) is 4.22. The van der Waals surface area contributed by atoms with Crippen molar-refractivity contribution in [3.63, 3.8) is 0 Å². The van der Waals surface area contributed by atoms with Crippen LogP contribution in [0.3, 0.4) is 0 Å². The molecule has 2 N–H and O–H groups in total.